The second-order valence-corrected chi connectivity index (χ2v) is 6.27. The Bertz CT molecular complexity index is 589. The van der Waals surface area contributed by atoms with Crippen molar-refractivity contribution in [1.82, 2.24) is 5.32 Å². The Hall–Kier alpha value is -1.54. The predicted molar refractivity (Wildman–Crippen MR) is 82.8 cm³/mol. The molecule has 0 spiro atoms. The van der Waals surface area contributed by atoms with Crippen LogP contribution in [0.3, 0.4) is 0 Å². The van der Waals surface area contributed by atoms with Gasteiger partial charge in [-0.1, -0.05) is 30.3 Å². The van der Waals surface area contributed by atoms with E-state index in [0.29, 0.717) is 6.04 Å². The maximum Gasteiger partial charge on any atom is 0.0428 e. The third-order valence-corrected chi connectivity index (χ3v) is 4.25. The van der Waals surface area contributed by atoms with E-state index in [9.17, 15) is 0 Å². The van der Waals surface area contributed by atoms with Crippen LogP contribution in [0.25, 0.3) is 10.8 Å². The minimum absolute atomic E-state index is 0.260. The molecule has 2 aromatic carbocycles. The third kappa shape index (κ3) is 2.45. The highest BCUT2D eigenvalue weighted by atomic mass is 15.2. The van der Waals surface area contributed by atoms with E-state index in [1.54, 1.807) is 0 Å². The van der Waals surface area contributed by atoms with Gasteiger partial charge in [0.25, 0.3) is 0 Å². The van der Waals surface area contributed by atoms with E-state index < -0.39 is 0 Å². The maximum absolute atomic E-state index is 3.59. The van der Waals surface area contributed by atoms with Crippen molar-refractivity contribution in [3.05, 3.63) is 42.5 Å². The quantitative estimate of drug-likeness (QED) is 0.883. The molecule has 1 saturated heterocycles. The molecule has 0 aliphatic carbocycles. The molecule has 0 bridgehead atoms. The van der Waals surface area contributed by atoms with E-state index in [0.717, 1.165) is 6.54 Å². The molecule has 1 atom stereocenters. The number of nitrogens with one attached hydrogen (secondary N) is 1. The summed E-state index contributed by atoms with van der Waals surface area (Å²) >= 11 is 0. The standard InChI is InChI=1S/C17H22N2/c1-17(2)11-16(12-18-17)19(3)15-9-8-13-6-4-5-7-14(13)10-15/h4-10,16,18H,11-12H2,1-3H3. The lowest BCUT2D eigenvalue weighted by molar-refractivity contribution is 0.454. The van der Waals surface area contributed by atoms with Crippen molar-refractivity contribution in [2.75, 3.05) is 18.5 Å². The largest absolute Gasteiger partial charge is 0.370 e. The summed E-state index contributed by atoms with van der Waals surface area (Å²) in [5, 5.41) is 6.22. The lowest BCUT2D eigenvalue weighted by Gasteiger charge is -2.27. The molecule has 2 nitrogen and oxygen atoms in total. The zero-order valence-electron chi connectivity index (χ0n) is 12.0. The van der Waals surface area contributed by atoms with E-state index in [-0.39, 0.29) is 5.54 Å². The van der Waals surface area contributed by atoms with E-state index in [2.05, 4.69) is 73.6 Å². The molecule has 0 aromatic heterocycles. The van der Waals surface area contributed by atoms with Gasteiger partial charge in [-0.05, 0) is 43.2 Å². The predicted octanol–water partition coefficient (Wildman–Crippen LogP) is 3.42. The molecule has 2 aromatic rings. The molecular formula is C17H22N2. The van der Waals surface area contributed by atoms with Crippen LogP contribution in [-0.2, 0) is 0 Å². The molecule has 1 unspecified atom stereocenters. The van der Waals surface area contributed by atoms with Crippen LogP contribution >= 0.6 is 0 Å². The molecule has 100 valence electrons. The van der Waals surface area contributed by atoms with Gasteiger partial charge in [0, 0.05) is 30.9 Å². The summed E-state index contributed by atoms with van der Waals surface area (Å²) in [6.45, 7) is 5.62. The van der Waals surface area contributed by atoms with E-state index >= 15 is 0 Å². The molecule has 0 saturated carbocycles. The minimum Gasteiger partial charge on any atom is -0.370 e. The topological polar surface area (TPSA) is 15.3 Å². The van der Waals surface area contributed by atoms with Gasteiger partial charge in [-0.15, -0.1) is 0 Å². The van der Waals surface area contributed by atoms with Crippen LogP contribution in [0.15, 0.2) is 42.5 Å². The summed E-state index contributed by atoms with van der Waals surface area (Å²) in [4.78, 5) is 2.41. The summed E-state index contributed by atoms with van der Waals surface area (Å²) in [7, 11) is 2.21. The molecule has 3 rings (SSSR count). The van der Waals surface area contributed by atoms with Crippen LogP contribution < -0.4 is 10.2 Å². The van der Waals surface area contributed by atoms with E-state index in [1.807, 2.05) is 0 Å². The number of hydrogen-bond acceptors (Lipinski definition) is 2. The summed E-state index contributed by atoms with van der Waals surface area (Å²) in [6, 6.07) is 15.9. The van der Waals surface area contributed by atoms with Crippen molar-refractivity contribution >= 4 is 16.5 Å². The highest BCUT2D eigenvalue weighted by molar-refractivity contribution is 5.85. The smallest absolute Gasteiger partial charge is 0.0428 e. The van der Waals surface area contributed by atoms with Gasteiger partial charge in [0.15, 0.2) is 0 Å². The number of rotatable bonds is 2. The van der Waals surface area contributed by atoms with Crippen LogP contribution in [0, 0.1) is 0 Å². The van der Waals surface area contributed by atoms with Crippen LogP contribution in [-0.4, -0.2) is 25.2 Å². The highest BCUT2D eigenvalue weighted by Crippen LogP contribution is 2.27. The Kier molecular flexibility index (Phi) is 2.98. The van der Waals surface area contributed by atoms with Crippen LogP contribution in [0.5, 0.6) is 0 Å². The number of hydrogen-bond donors (Lipinski definition) is 1. The summed E-state index contributed by atoms with van der Waals surface area (Å²) in [6.07, 6.45) is 1.19. The van der Waals surface area contributed by atoms with Crippen molar-refractivity contribution in [1.29, 1.82) is 0 Å². The molecule has 1 fully saturated rings. The fourth-order valence-electron chi connectivity index (χ4n) is 3.01. The van der Waals surface area contributed by atoms with E-state index in [1.165, 1.54) is 22.9 Å². The van der Waals surface area contributed by atoms with Gasteiger partial charge in [-0.25, -0.2) is 0 Å². The SMILES string of the molecule is CN(c1ccc2ccccc2c1)C1CNC(C)(C)C1. The van der Waals surface area contributed by atoms with Crippen LogP contribution in [0.4, 0.5) is 5.69 Å². The van der Waals surface area contributed by atoms with Crippen molar-refractivity contribution in [2.24, 2.45) is 0 Å². The second-order valence-electron chi connectivity index (χ2n) is 6.27. The first-order chi connectivity index (χ1) is 9.05. The number of likely N-dealkylation sites (N-methyl/N-ethyl adjacent to an activating group) is 1. The first kappa shape index (κ1) is 12.5. The van der Waals surface area contributed by atoms with Gasteiger partial charge < -0.3 is 10.2 Å². The van der Waals surface area contributed by atoms with Gasteiger partial charge in [-0.3, -0.25) is 0 Å². The highest BCUT2D eigenvalue weighted by Gasteiger charge is 2.32. The van der Waals surface area contributed by atoms with Gasteiger partial charge in [0.05, 0.1) is 0 Å². The van der Waals surface area contributed by atoms with Crippen molar-refractivity contribution in [3.8, 4) is 0 Å². The van der Waals surface area contributed by atoms with Crippen molar-refractivity contribution in [3.63, 3.8) is 0 Å². The molecule has 1 heterocycles. The Morgan fingerprint density at radius 3 is 2.53 bits per heavy atom. The lowest BCUT2D eigenvalue weighted by atomic mass is 10.0. The number of anilines is 1. The molecule has 1 N–H and O–H groups in total. The molecule has 0 radical (unpaired) electrons. The van der Waals surface area contributed by atoms with Gasteiger partial charge >= 0.3 is 0 Å². The van der Waals surface area contributed by atoms with Crippen LogP contribution in [0.1, 0.15) is 20.3 Å². The average Bonchev–Trinajstić information content (AvgIpc) is 2.78. The normalized spacial score (nSPS) is 21.7. The number of fused-ring (bicyclic) bond motifs is 1. The Labute approximate surface area is 115 Å². The van der Waals surface area contributed by atoms with Gasteiger partial charge in [0.1, 0.15) is 0 Å². The third-order valence-electron chi connectivity index (χ3n) is 4.25. The molecular weight excluding hydrogens is 232 g/mol. The van der Waals surface area contributed by atoms with Gasteiger partial charge in [0.2, 0.25) is 0 Å². The maximum atomic E-state index is 3.59. The zero-order valence-corrected chi connectivity index (χ0v) is 12.0. The molecule has 1 aliphatic heterocycles. The first-order valence-electron chi connectivity index (χ1n) is 7.02. The number of benzene rings is 2. The molecule has 19 heavy (non-hydrogen) atoms. The summed E-state index contributed by atoms with van der Waals surface area (Å²) in [5.41, 5.74) is 1.57. The molecule has 0 amide bonds. The first-order valence-corrected chi connectivity index (χ1v) is 7.02. The fraction of sp³-hybridized carbons (Fsp3) is 0.412. The van der Waals surface area contributed by atoms with E-state index in [4.69, 9.17) is 0 Å². The number of nitrogens with zero attached hydrogens (tertiary/aromatic N) is 1. The minimum atomic E-state index is 0.260. The van der Waals surface area contributed by atoms with Gasteiger partial charge in [-0.2, -0.15) is 0 Å². The average molecular weight is 254 g/mol. The Morgan fingerprint density at radius 2 is 1.84 bits per heavy atom. The van der Waals surface area contributed by atoms with Crippen LogP contribution in [0.2, 0.25) is 0 Å². The fourth-order valence-corrected chi connectivity index (χ4v) is 3.01. The van der Waals surface area contributed by atoms with Crippen molar-refractivity contribution < 1.29 is 0 Å². The molecule has 2 heteroatoms. The summed E-state index contributed by atoms with van der Waals surface area (Å²) in [5.74, 6) is 0. The zero-order chi connectivity index (χ0) is 13.5. The second kappa shape index (κ2) is 4.53. The monoisotopic (exact) mass is 254 g/mol. The Balaban J connectivity index is 1.87. The Morgan fingerprint density at radius 1 is 1.11 bits per heavy atom. The van der Waals surface area contributed by atoms with Crippen molar-refractivity contribution in [2.45, 2.75) is 31.8 Å². The summed E-state index contributed by atoms with van der Waals surface area (Å²) < 4.78 is 0. The molecule has 1 aliphatic rings. The lowest BCUT2D eigenvalue weighted by Crippen LogP contribution is -2.33.